The predicted molar refractivity (Wildman–Crippen MR) is 95.3 cm³/mol. The first-order valence-corrected chi connectivity index (χ1v) is 10.4. The van der Waals surface area contributed by atoms with E-state index in [1.54, 1.807) is 17.0 Å². The molecule has 2 atom stereocenters. The Labute approximate surface area is 149 Å². The first-order valence-electron chi connectivity index (χ1n) is 8.92. The molecule has 7 heteroatoms. The molecule has 1 heterocycles. The van der Waals surface area contributed by atoms with Gasteiger partial charge in [-0.15, -0.1) is 0 Å². The molecule has 0 aromatic heterocycles. The fourth-order valence-electron chi connectivity index (χ4n) is 3.48. The summed E-state index contributed by atoms with van der Waals surface area (Å²) in [4.78, 5) is 14.2. The number of methoxy groups -OCH3 is 1. The minimum absolute atomic E-state index is 0.0409. The van der Waals surface area contributed by atoms with Gasteiger partial charge in [0.2, 0.25) is 10.0 Å². The molecule has 2 aliphatic rings. The number of hydrogen-bond donors (Lipinski definition) is 1. The molecule has 1 aromatic rings. The minimum Gasteiger partial charge on any atom is -0.495 e. The average molecular weight is 366 g/mol. The molecule has 1 amide bonds. The van der Waals surface area contributed by atoms with Crippen LogP contribution in [0.3, 0.4) is 0 Å². The number of amides is 1. The quantitative estimate of drug-likeness (QED) is 0.868. The SMILES string of the molecule is COc1ccc(C(=O)N2CCC2)cc1S(=O)(=O)NC1CCCCC1C. The van der Waals surface area contributed by atoms with E-state index < -0.39 is 10.0 Å². The van der Waals surface area contributed by atoms with Crippen molar-refractivity contribution in [1.29, 1.82) is 0 Å². The van der Waals surface area contributed by atoms with E-state index >= 15 is 0 Å². The van der Waals surface area contributed by atoms with Crippen LogP contribution in [0.15, 0.2) is 23.1 Å². The summed E-state index contributed by atoms with van der Waals surface area (Å²) < 4.78 is 33.9. The van der Waals surface area contributed by atoms with Crippen molar-refractivity contribution in [2.24, 2.45) is 5.92 Å². The fourth-order valence-corrected chi connectivity index (χ4v) is 5.05. The van der Waals surface area contributed by atoms with Gasteiger partial charge in [-0.25, -0.2) is 13.1 Å². The van der Waals surface area contributed by atoms with Crippen molar-refractivity contribution in [2.45, 2.75) is 50.0 Å². The molecule has 1 saturated heterocycles. The molecule has 2 unspecified atom stereocenters. The van der Waals surface area contributed by atoms with Crippen LogP contribution in [0, 0.1) is 5.92 Å². The van der Waals surface area contributed by atoms with Crippen molar-refractivity contribution in [3.8, 4) is 5.75 Å². The maximum Gasteiger partial charge on any atom is 0.253 e. The summed E-state index contributed by atoms with van der Waals surface area (Å²) in [6.45, 7) is 3.53. The highest BCUT2D eigenvalue weighted by atomic mass is 32.2. The highest BCUT2D eigenvalue weighted by Gasteiger charge is 2.30. The molecule has 25 heavy (non-hydrogen) atoms. The van der Waals surface area contributed by atoms with Crippen LogP contribution in [0.2, 0.25) is 0 Å². The van der Waals surface area contributed by atoms with Gasteiger partial charge in [-0.3, -0.25) is 4.79 Å². The van der Waals surface area contributed by atoms with Crippen molar-refractivity contribution in [1.82, 2.24) is 9.62 Å². The Morgan fingerprint density at radius 1 is 1.20 bits per heavy atom. The first kappa shape index (κ1) is 18.2. The average Bonchev–Trinajstić information content (AvgIpc) is 2.54. The van der Waals surface area contributed by atoms with Gasteiger partial charge in [0.25, 0.3) is 5.91 Å². The van der Waals surface area contributed by atoms with Crippen LogP contribution in [-0.2, 0) is 10.0 Å². The summed E-state index contributed by atoms with van der Waals surface area (Å²) in [6.07, 6.45) is 5.03. The predicted octanol–water partition coefficient (Wildman–Crippen LogP) is 2.40. The summed E-state index contributed by atoms with van der Waals surface area (Å²) in [6, 6.07) is 4.56. The summed E-state index contributed by atoms with van der Waals surface area (Å²) in [5.74, 6) is 0.438. The summed E-state index contributed by atoms with van der Waals surface area (Å²) >= 11 is 0. The third-order valence-electron chi connectivity index (χ3n) is 5.26. The Kier molecular flexibility index (Phi) is 5.34. The first-order chi connectivity index (χ1) is 11.9. The van der Waals surface area contributed by atoms with Gasteiger partial charge in [-0.2, -0.15) is 0 Å². The van der Waals surface area contributed by atoms with Crippen molar-refractivity contribution >= 4 is 15.9 Å². The van der Waals surface area contributed by atoms with Crippen LogP contribution in [0.5, 0.6) is 5.75 Å². The standard InChI is InChI=1S/C18H26N2O4S/c1-13-6-3-4-7-15(13)19-25(22,23)17-12-14(8-9-16(17)24-2)18(21)20-10-5-11-20/h8-9,12-13,15,19H,3-7,10-11H2,1-2H3. The number of carbonyl (C=O) groups excluding carboxylic acids is 1. The smallest absolute Gasteiger partial charge is 0.253 e. The maximum absolute atomic E-state index is 12.9. The van der Waals surface area contributed by atoms with Gasteiger partial charge in [-0.1, -0.05) is 19.8 Å². The molecular weight excluding hydrogens is 340 g/mol. The van der Waals surface area contributed by atoms with Crippen molar-refractivity contribution in [2.75, 3.05) is 20.2 Å². The van der Waals surface area contributed by atoms with Gasteiger partial charge in [-0.05, 0) is 43.4 Å². The van der Waals surface area contributed by atoms with Crippen LogP contribution in [0.25, 0.3) is 0 Å². The molecule has 6 nitrogen and oxygen atoms in total. The van der Waals surface area contributed by atoms with Gasteiger partial charge in [0.15, 0.2) is 0 Å². The highest BCUT2D eigenvalue weighted by Crippen LogP contribution is 2.29. The monoisotopic (exact) mass is 366 g/mol. The Morgan fingerprint density at radius 2 is 1.92 bits per heavy atom. The zero-order chi connectivity index (χ0) is 18.0. The molecule has 1 saturated carbocycles. The molecule has 1 aliphatic heterocycles. The molecule has 1 N–H and O–H groups in total. The van der Waals surface area contributed by atoms with Crippen molar-refractivity contribution < 1.29 is 17.9 Å². The summed E-state index contributed by atoms with van der Waals surface area (Å²) in [5.41, 5.74) is 0.387. The third-order valence-corrected chi connectivity index (χ3v) is 6.77. The van der Waals surface area contributed by atoms with Crippen molar-refractivity contribution in [3.05, 3.63) is 23.8 Å². The van der Waals surface area contributed by atoms with Crippen LogP contribution < -0.4 is 9.46 Å². The van der Waals surface area contributed by atoms with Crippen LogP contribution in [-0.4, -0.2) is 45.5 Å². The Balaban J connectivity index is 1.88. The number of benzene rings is 1. The second-order valence-electron chi connectivity index (χ2n) is 7.00. The lowest BCUT2D eigenvalue weighted by Crippen LogP contribution is -2.42. The number of nitrogens with zero attached hydrogens (tertiary/aromatic N) is 1. The highest BCUT2D eigenvalue weighted by molar-refractivity contribution is 7.89. The molecule has 0 spiro atoms. The van der Waals surface area contributed by atoms with E-state index in [4.69, 9.17) is 4.74 Å². The number of hydrogen-bond acceptors (Lipinski definition) is 4. The number of carbonyl (C=O) groups is 1. The normalized spacial score (nSPS) is 23.8. The van der Waals surface area contributed by atoms with E-state index in [0.717, 1.165) is 45.2 Å². The van der Waals surface area contributed by atoms with Gasteiger partial charge in [0, 0.05) is 24.7 Å². The third kappa shape index (κ3) is 3.82. The second-order valence-corrected chi connectivity index (χ2v) is 8.68. The van der Waals surface area contributed by atoms with Gasteiger partial charge in [0.05, 0.1) is 7.11 Å². The zero-order valence-corrected chi connectivity index (χ0v) is 15.6. The van der Waals surface area contributed by atoms with Crippen molar-refractivity contribution in [3.63, 3.8) is 0 Å². The molecule has 1 aliphatic carbocycles. The minimum atomic E-state index is -3.75. The lowest BCUT2D eigenvalue weighted by atomic mass is 9.87. The Hall–Kier alpha value is -1.60. The summed E-state index contributed by atoms with van der Waals surface area (Å²) in [7, 11) is -2.31. The van der Waals surface area contributed by atoms with Gasteiger partial charge >= 0.3 is 0 Å². The Morgan fingerprint density at radius 3 is 2.52 bits per heavy atom. The molecule has 0 bridgehead atoms. The summed E-state index contributed by atoms with van der Waals surface area (Å²) in [5, 5.41) is 0. The van der Waals surface area contributed by atoms with E-state index in [1.165, 1.54) is 13.2 Å². The zero-order valence-electron chi connectivity index (χ0n) is 14.8. The number of ether oxygens (including phenoxy) is 1. The molecular formula is C18H26N2O4S. The molecule has 0 radical (unpaired) electrons. The number of sulfonamides is 1. The van der Waals surface area contributed by atoms with Gasteiger partial charge < -0.3 is 9.64 Å². The lowest BCUT2D eigenvalue weighted by molar-refractivity contribution is 0.0651. The van der Waals surface area contributed by atoms with E-state index in [9.17, 15) is 13.2 Å². The largest absolute Gasteiger partial charge is 0.495 e. The molecule has 138 valence electrons. The Bertz CT molecular complexity index is 743. The number of nitrogens with one attached hydrogen (secondary N) is 1. The second kappa shape index (κ2) is 7.33. The topological polar surface area (TPSA) is 75.7 Å². The number of likely N-dealkylation sites (tertiary alicyclic amines) is 1. The van der Waals surface area contributed by atoms with E-state index in [1.807, 2.05) is 0 Å². The molecule has 1 aromatic carbocycles. The van der Waals surface area contributed by atoms with Crippen LogP contribution in [0.1, 0.15) is 49.4 Å². The van der Waals surface area contributed by atoms with Crippen LogP contribution >= 0.6 is 0 Å². The van der Waals surface area contributed by atoms with Gasteiger partial charge in [0.1, 0.15) is 10.6 Å². The lowest BCUT2D eigenvalue weighted by Gasteiger charge is -2.31. The van der Waals surface area contributed by atoms with E-state index in [-0.39, 0.29) is 22.6 Å². The van der Waals surface area contributed by atoms with E-state index in [2.05, 4.69) is 11.6 Å². The molecule has 3 rings (SSSR count). The molecule has 2 fully saturated rings. The number of rotatable bonds is 5. The van der Waals surface area contributed by atoms with Crippen LogP contribution in [0.4, 0.5) is 0 Å². The fraction of sp³-hybridized carbons (Fsp3) is 0.611. The van der Waals surface area contributed by atoms with E-state index in [0.29, 0.717) is 11.5 Å². The maximum atomic E-state index is 12.9.